The Morgan fingerprint density at radius 2 is 0.300 bits per heavy atom. The van der Waals surface area contributed by atoms with Crippen molar-refractivity contribution < 1.29 is 336 Å². The van der Waals surface area contributed by atoms with Crippen LogP contribution in [0.1, 0.15) is 12.8 Å². The van der Waals surface area contributed by atoms with Gasteiger partial charge in [-0.15, -0.1) is 0 Å². The first-order valence-corrected chi connectivity index (χ1v) is 28.1. The van der Waals surface area contributed by atoms with Gasteiger partial charge in [0.05, 0.1) is 26.4 Å². The predicted octanol–water partition coefficient (Wildman–Crippen LogP) is 21.9. The molecule has 0 saturated carbocycles. The second kappa shape index (κ2) is 31.2. The van der Waals surface area contributed by atoms with Crippen LogP contribution in [0.4, 0.5) is 307 Å². The van der Waals surface area contributed by atoms with Gasteiger partial charge >= 0.3 is 210 Å². The number of aliphatic hydroxyl groups is 2. The zero-order valence-corrected chi connectivity index (χ0v) is 53.5. The summed E-state index contributed by atoms with van der Waals surface area (Å²) < 4.78 is 989. The van der Waals surface area contributed by atoms with Gasteiger partial charge in [-0.25, -0.2) is 13.3 Å². The van der Waals surface area contributed by atoms with Gasteiger partial charge in [-0.05, 0) is 0 Å². The first kappa shape index (κ1) is 117. The zero-order valence-electron chi connectivity index (χ0n) is 52.6. The van der Waals surface area contributed by atoms with E-state index in [9.17, 15) is 312 Å². The molecule has 4 N–H and O–H groups in total. The molecule has 0 aliphatic carbocycles. The second-order valence-corrected chi connectivity index (χ2v) is 23.9. The lowest BCUT2D eigenvalue weighted by Gasteiger charge is -2.47. The Bertz CT molecular complexity index is 3270. The zero-order chi connectivity index (χ0) is 99.3. The maximum Gasteiger partial charge on any atom is 0.472 e. The van der Waals surface area contributed by atoms with E-state index < -0.39 is 236 Å². The van der Waals surface area contributed by atoms with Gasteiger partial charge in [0.2, 0.25) is 0 Å². The Kier molecular flexibility index (Phi) is 30.5. The van der Waals surface area contributed by atoms with E-state index >= 15 is 0 Å². The molecule has 0 amide bonds. The van der Waals surface area contributed by atoms with Crippen LogP contribution in [0.2, 0.25) is 0 Å². The lowest BCUT2D eigenvalue weighted by atomic mass is 9.81. The van der Waals surface area contributed by atoms with Gasteiger partial charge in [-0.2, -0.15) is 299 Å². The van der Waals surface area contributed by atoms with E-state index in [4.69, 9.17) is 15.1 Å². The van der Waals surface area contributed by atoms with E-state index in [-0.39, 0.29) is 13.2 Å². The van der Waals surface area contributed by atoms with Gasteiger partial charge in [0.1, 0.15) is 0 Å². The van der Waals surface area contributed by atoms with E-state index in [1.807, 2.05) is 0 Å². The van der Waals surface area contributed by atoms with Crippen molar-refractivity contribution in [2.45, 2.75) is 215 Å². The summed E-state index contributed by atoms with van der Waals surface area (Å²) in [6.45, 7) is -6.28. The van der Waals surface area contributed by atoms with E-state index in [0.717, 1.165) is 0 Å². The summed E-state index contributed by atoms with van der Waals surface area (Å²) in [7, 11) is -7.76. The Morgan fingerprint density at radius 1 is 0.192 bits per heavy atom. The molecule has 0 unspecified atom stereocenters. The fraction of sp³-hybridized carbons (Fsp3) is 1.00. The van der Waals surface area contributed by atoms with Crippen molar-refractivity contribution in [1.29, 1.82) is 0 Å². The number of hydrogen-bond acceptors (Lipinski definition) is 6. The molecule has 0 fully saturated rings. The van der Waals surface area contributed by atoms with Crippen LogP contribution >= 0.6 is 7.82 Å². The summed E-state index contributed by atoms with van der Waals surface area (Å²) in [6, 6.07) is 0. The normalized spacial score (nSPS) is 16.9. The van der Waals surface area contributed by atoms with Crippen molar-refractivity contribution >= 4 is 7.82 Å². The summed E-state index contributed by atoms with van der Waals surface area (Å²) in [5.74, 6) is -288. The lowest BCUT2D eigenvalue weighted by Crippen LogP contribution is -2.80. The highest BCUT2D eigenvalue weighted by Crippen LogP contribution is 2.75. The second-order valence-electron chi connectivity index (χ2n) is 22.5. The molecule has 0 aliphatic heterocycles. The third-order valence-electron chi connectivity index (χ3n) is 14.7. The van der Waals surface area contributed by atoms with Gasteiger partial charge in [0.15, 0.2) is 0 Å². The maximum atomic E-state index is 14.3. The van der Waals surface area contributed by atoms with E-state index in [1.165, 1.54) is 0 Å². The van der Waals surface area contributed by atoms with Crippen molar-refractivity contribution in [3.63, 3.8) is 0 Å². The molecule has 0 heterocycles. The van der Waals surface area contributed by atoms with E-state index in [0.29, 0.717) is 13.1 Å². The minimum absolute atomic E-state index is 0.139. The first-order chi connectivity index (χ1) is 50.8. The van der Waals surface area contributed by atoms with Crippen molar-refractivity contribution in [1.82, 2.24) is 5.32 Å². The third kappa shape index (κ3) is 15.5. The Balaban J connectivity index is 0. The molecule has 0 radical (unpaired) electrons. The highest BCUT2D eigenvalue weighted by molar-refractivity contribution is 7.47. The van der Waals surface area contributed by atoms with Crippen LogP contribution in [0, 0.1) is 0 Å². The number of nitrogens with one attached hydrogen (secondary N) is 1. The van der Waals surface area contributed by atoms with Crippen LogP contribution in [0.5, 0.6) is 0 Å². The van der Waals surface area contributed by atoms with Gasteiger partial charge in [0, 0.05) is 25.9 Å². The highest BCUT2D eigenvalue weighted by atomic mass is 31.2. The molecule has 0 aromatic carbocycles. The predicted molar refractivity (Wildman–Crippen MR) is 228 cm³/mol. The van der Waals surface area contributed by atoms with Crippen molar-refractivity contribution in [2.24, 2.45) is 0 Å². The molecule has 0 rings (SSSR count). The van der Waals surface area contributed by atoms with Gasteiger partial charge in [-0.1, -0.05) is 0 Å². The summed E-state index contributed by atoms with van der Waals surface area (Å²) in [4.78, 5) is 9.07. The Hall–Kier alpha value is -4.91. The monoisotopic (exact) mass is 1990 g/mol. The topological polar surface area (TPSA) is 108 Å². The number of phosphoric ester groups is 1. The van der Waals surface area contributed by atoms with Crippen LogP contribution < -0.4 is 5.32 Å². The Morgan fingerprint density at radius 3 is 0.408 bits per heavy atom. The number of halogens is 70. The number of aliphatic hydroxyl groups excluding tert-OH is 2. The molecule has 120 heavy (non-hydrogen) atoms. The van der Waals surface area contributed by atoms with Crippen LogP contribution in [-0.2, 0) is 13.6 Å². The molecule has 0 aromatic heterocycles. The van der Waals surface area contributed by atoms with Gasteiger partial charge in [-0.3, -0.25) is 9.05 Å². The molecular weight excluding hydrogens is 1980 g/mol. The summed E-state index contributed by atoms with van der Waals surface area (Å²) in [5, 5.41) is 19.1. The minimum Gasteiger partial charge on any atom is -0.395 e. The first-order valence-electron chi connectivity index (χ1n) is 26.6. The maximum absolute atomic E-state index is 14.3. The van der Waals surface area contributed by atoms with Crippen LogP contribution in [0.3, 0.4) is 0 Å². The van der Waals surface area contributed by atoms with Crippen LogP contribution in [0.25, 0.3) is 0 Å². The smallest absolute Gasteiger partial charge is 0.395 e. The van der Waals surface area contributed by atoms with Gasteiger partial charge in [0.25, 0.3) is 0 Å². The van der Waals surface area contributed by atoms with Crippen molar-refractivity contribution in [3.8, 4) is 0 Å². The molecule has 0 aromatic rings. The molecule has 0 spiro atoms. The van der Waals surface area contributed by atoms with E-state index in [2.05, 4.69) is 14.4 Å². The van der Waals surface area contributed by atoms with Crippen LogP contribution in [0.15, 0.2) is 0 Å². The highest BCUT2D eigenvalue weighted by Gasteiger charge is 3.06. The molecule has 7 nitrogen and oxygen atoms in total. The largest absolute Gasteiger partial charge is 0.472 e. The van der Waals surface area contributed by atoms with Crippen LogP contribution in [-0.4, -0.2) is 256 Å². The lowest BCUT2D eigenvalue weighted by molar-refractivity contribution is -0.493. The molecule has 78 heteroatoms. The summed E-state index contributed by atoms with van der Waals surface area (Å²) in [5.41, 5.74) is -19.5. The average Bonchev–Trinajstić information content (AvgIpc) is 0.679. The summed E-state index contributed by atoms with van der Waals surface area (Å²) >= 11 is 0. The summed E-state index contributed by atoms with van der Waals surface area (Å²) in [6.07, 6.45) is -45.6. The Labute approximate surface area is 604 Å². The SMILES string of the molecule is O=P(O)(OCCC(F)(F)C(F)(F)C(F)(F)C(F)(F)C(F)(F)C(F)(F)C(F)(F)C(F)(F)C(F)(F)C(F)(F)C(F)(F)C(F)(F)C(F)(F)C(F)(F)C(F)(C(F)(F)F)C(F)(F)F)OCCC(F)(F)C(F)(F)C(F)(F)C(F)(F)C(F)(F)C(F)(F)C(F)(F)C(F)(F)C(F)(F)C(F)(F)C(F)(F)C(F)(F)C(F)(F)C(F)(F)C(F)(C(F)(F)F)C(F)(F)F.OCCNCCO. The third-order valence-corrected chi connectivity index (χ3v) is 15.7. The van der Waals surface area contributed by atoms with Crippen molar-refractivity contribution in [3.05, 3.63) is 0 Å². The molecule has 0 atom stereocenters. The number of rotatable bonds is 40. The van der Waals surface area contributed by atoms with Crippen molar-refractivity contribution in [2.75, 3.05) is 39.5 Å². The van der Waals surface area contributed by atoms with Gasteiger partial charge < -0.3 is 20.4 Å². The standard InChI is InChI=1S/C38H9F70O4P.C4H11NO2/c39-5(40,9(45,46)13(53,54)17(61,62)21(69,70)25(77,78)29(85,86)33(93,94)31(89,90)27(81,82)23(73,74)19(65,66)15(57,58)11(49,50)7(43,35(97,98)99)36(100,101)102)1-3-111-113(109,110)112-4-2-6(41,42)10(47,48)14(55,56)18(63,64)22(71,72)26(79,80)30(87,88)34(95,96)32(91,92)28(83,84)24(75,76)20(67,68)16(59,60)12(51,52)8(44,37(103,104)105)38(106,107)108;6-3-1-5-2-4-7/h1-4H2,(H,109,110);5-7H,1-4H2. The molecule has 724 valence electrons. The molecular formula is C42H20F70NO6P. The number of hydrogen-bond donors (Lipinski definition) is 4. The number of alkyl halides is 70. The quantitative estimate of drug-likeness (QED) is 0.0275. The van der Waals surface area contributed by atoms with E-state index in [1.54, 1.807) is 0 Å². The molecule has 0 bridgehead atoms. The fourth-order valence-corrected chi connectivity index (χ4v) is 8.19. The molecule has 0 saturated heterocycles. The molecule has 0 aliphatic rings. The fourth-order valence-electron chi connectivity index (χ4n) is 7.48. The number of phosphoric acid groups is 1. The minimum atomic E-state index is -10.8. The average molecular weight is 2000 g/mol.